The molecule has 0 aliphatic carbocycles. The van der Waals surface area contributed by atoms with Crippen molar-refractivity contribution in [2.75, 3.05) is 13.2 Å². The Morgan fingerprint density at radius 3 is 0.910 bits per heavy atom. The van der Waals surface area contributed by atoms with Crippen LogP contribution >= 0.6 is 0 Å². The molecule has 0 aliphatic heterocycles. The Morgan fingerprint density at radius 1 is 0.313 bits per heavy atom. The van der Waals surface area contributed by atoms with Gasteiger partial charge < -0.3 is 14.2 Å². The van der Waals surface area contributed by atoms with Crippen LogP contribution in [0, 0.1) is 0 Å². The standard InChI is InChI=1S/C61H104O6/c1-4-7-10-13-16-19-22-23-24-25-26-27-28-29-30-31-32-33-34-35-36-37-40-42-45-48-51-54-60(63)66-57-58(67-61(64)55-52-49-46-43-39-21-18-15-12-9-6-3)56-65-59(62)53-50-47-44-41-38-20-17-14-11-8-5-2/h7,10,16,19,23-24,26-27,29-30,32-33,35-36,58H,4-6,8-9,11-15,17-18,20-22,25,28,31,34,37-57H2,1-3H3/b10-7-,19-16-,24-23-,27-26-,30-29-,33-32-,36-35-. The Balaban J connectivity index is 4.28. The lowest BCUT2D eigenvalue weighted by Gasteiger charge is -2.18. The molecule has 6 heteroatoms. The van der Waals surface area contributed by atoms with E-state index in [1.807, 2.05) is 0 Å². The molecule has 0 radical (unpaired) electrons. The average Bonchev–Trinajstić information content (AvgIpc) is 3.33. The van der Waals surface area contributed by atoms with E-state index >= 15 is 0 Å². The third-order valence-electron chi connectivity index (χ3n) is 11.9. The number of unbranched alkanes of at least 4 members (excludes halogenated alkanes) is 25. The summed E-state index contributed by atoms with van der Waals surface area (Å²) in [6, 6.07) is 0. The highest BCUT2D eigenvalue weighted by atomic mass is 16.6. The second kappa shape index (κ2) is 55.2. The maximum atomic E-state index is 12.8. The summed E-state index contributed by atoms with van der Waals surface area (Å²) in [6.45, 7) is 6.50. The Kier molecular flexibility index (Phi) is 52.4. The molecule has 0 amide bonds. The Labute approximate surface area is 414 Å². The molecule has 0 bridgehead atoms. The summed E-state index contributed by atoms with van der Waals surface area (Å²) in [5.74, 6) is -0.896. The highest BCUT2D eigenvalue weighted by Crippen LogP contribution is 2.15. The second-order valence-electron chi connectivity index (χ2n) is 18.5. The van der Waals surface area contributed by atoms with Crippen molar-refractivity contribution in [3.63, 3.8) is 0 Å². The number of carbonyl (C=O) groups is 3. The fourth-order valence-corrected chi connectivity index (χ4v) is 7.72. The number of ether oxygens (including phenoxy) is 3. The minimum atomic E-state index is -0.780. The van der Waals surface area contributed by atoms with E-state index in [4.69, 9.17) is 14.2 Å². The first-order valence-electron chi connectivity index (χ1n) is 28.1. The van der Waals surface area contributed by atoms with E-state index in [-0.39, 0.29) is 31.1 Å². The molecular weight excluding hydrogens is 829 g/mol. The van der Waals surface area contributed by atoms with Crippen LogP contribution in [0.3, 0.4) is 0 Å². The molecule has 0 N–H and O–H groups in total. The molecular formula is C61H104O6. The maximum Gasteiger partial charge on any atom is 0.306 e. The molecule has 0 rings (SSSR count). The van der Waals surface area contributed by atoms with Crippen molar-refractivity contribution < 1.29 is 28.6 Å². The van der Waals surface area contributed by atoms with Crippen LogP contribution in [0.2, 0.25) is 0 Å². The van der Waals surface area contributed by atoms with Crippen LogP contribution in [-0.4, -0.2) is 37.2 Å². The zero-order valence-corrected chi connectivity index (χ0v) is 43.9. The Morgan fingerprint density at radius 2 is 0.582 bits per heavy atom. The van der Waals surface area contributed by atoms with Gasteiger partial charge in [-0.05, 0) is 77.0 Å². The van der Waals surface area contributed by atoms with E-state index in [2.05, 4.69) is 106 Å². The Bertz CT molecular complexity index is 1300. The number of rotatable bonds is 50. The topological polar surface area (TPSA) is 78.9 Å². The van der Waals surface area contributed by atoms with Gasteiger partial charge in [-0.2, -0.15) is 0 Å². The SMILES string of the molecule is CC/C=C\C/C=C\C/C=C\C/C=C\C/C=C\C/C=C\C/C=C\CCCCCCCC(=O)OCC(COC(=O)CCCCCCCCCCCCC)OC(=O)CCCCCCCCCCCCC. The fraction of sp³-hybridized carbons (Fsp3) is 0.721. The molecule has 0 aromatic rings. The van der Waals surface area contributed by atoms with Crippen molar-refractivity contribution in [3.8, 4) is 0 Å². The quantitative estimate of drug-likeness (QED) is 0.0262. The van der Waals surface area contributed by atoms with Crippen molar-refractivity contribution in [2.45, 2.75) is 271 Å². The molecule has 0 saturated carbocycles. The number of esters is 3. The molecule has 1 atom stereocenters. The first-order valence-corrected chi connectivity index (χ1v) is 28.1. The summed E-state index contributed by atoms with van der Waals surface area (Å²) >= 11 is 0. The predicted molar refractivity (Wildman–Crippen MR) is 288 cm³/mol. The smallest absolute Gasteiger partial charge is 0.306 e. The largest absolute Gasteiger partial charge is 0.462 e. The number of carbonyl (C=O) groups excluding carboxylic acids is 3. The molecule has 1 unspecified atom stereocenters. The predicted octanol–water partition coefficient (Wildman–Crippen LogP) is 18.8. The molecule has 0 aromatic heterocycles. The van der Waals surface area contributed by atoms with E-state index in [0.717, 1.165) is 122 Å². The van der Waals surface area contributed by atoms with E-state index in [1.54, 1.807) is 0 Å². The van der Waals surface area contributed by atoms with Gasteiger partial charge in [0.1, 0.15) is 13.2 Å². The number of hydrogen-bond acceptors (Lipinski definition) is 6. The Hall–Kier alpha value is -3.41. The summed E-state index contributed by atoms with van der Waals surface area (Å²) in [5.41, 5.74) is 0. The van der Waals surface area contributed by atoms with Gasteiger partial charge in [0.05, 0.1) is 0 Å². The molecule has 0 saturated heterocycles. The van der Waals surface area contributed by atoms with Crippen LogP contribution < -0.4 is 0 Å². The summed E-state index contributed by atoms with van der Waals surface area (Å²) in [5, 5.41) is 0. The van der Waals surface area contributed by atoms with Crippen molar-refractivity contribution in [3.05, 3.63) is 85.1 Å². The van der Waals surface area contributed by atoms with Gasteiger partial charge in [-0.15, -0.1) is 0 Å². The minimum Gasteiger partial charge on any atom is -0.462 e. The van der Waals surface area contributed by atoms with Gasteiger partial charge in [-0.25, -0.2) is 0 Å². The van der Waals surface area contributed by atoms with Crippen molar-refractivity contribution >= 4 is 17.9 Å². The van der Waals surface area contributed by atoms with E-state index < -0.39 is 6.10 Å². The van der Waals surface area contributed by atoms with Gasteiger partial charge in [-0.3, -0.25) is 14.4 Å². The van der Waals surface area contributed by atoms with Crippen molar-refractivity contribution in [1.29, 1.82) is 0 Å². The lowest BCUT2D eigenvalue weighted by molar-refractivity contribution is -0.167. The van der Waals surface area contributed by atoms with Crippen molar-refractivity contribution in [1.82, 2.24) is 0 Å². The van der Waals surface area contributed by atoms with Gasteiger partial charge >= 0.3 is 17.9 Å². The molecule has 0 aromatic carbocycles. The van der Waals surface area contributed by atoms with Crippen molar-refractivity contribution in [2.24, 2.45) is 0 Å². The first-order chi connectivity index (χ1) is 33.0. The molecule has 384 valence electrons. The molecule has 0 heterocycles. The third kappa shape index (κ3) is 53.4. The molecule has 0 fully saturated rings. The maximum absolute atomic E-state index is 12.8. The van der Waals surface area contributed by atoms with Crippen LogP contribution in [0.25, 0.3) is 0 Å². The molecule has 0 spiro atoms. The van der Waals surface area contributed by atoms with Gasteiger partial charge in [0.2, 0.25) is 0 Å². The molecule has 67 heavy (non-hydrogen) atoms. The number of hydrogen-bond donors (Lipinski definition) is 0. The van der Waals surface area contributed by atoms with Crippen LogP contribution in [0.5, 0.6) is 0 Å². The van der Waals surface area contributed by atoms with Crippen LogP contribution in [0.4, 0.5) is 0 Å². The van der Waals surface area contributed by atoms with Gasteiger partial charge in [0.25, 0.3) is 0 Å². The second-order valence-corrected chi connectivity index (χ2v) is 18.5. The zero-order chi connectivity index (χ0) is 48.6. The fourth-order valence-electron chi connectivity index (χ4n) is 7.72. The summed E-state index contributed by atoms with van der Waals surface area (Å²) in [7, 11) is 0. The summed E-state index contributed by atoms with van der Waals surface area (Å²) in [4.78, 5) is 38.0. The lowest BCUT2D eigenvalue weighted by Crippen LogP contribution is -2.30. The van der Waals surface area contributed by atoms with Crippen LogP contribution in [0.15, 0.2) is 85.1 Å². The van der Waals surface area contributed by atoms with Crippen LogP contribution in [0.1, 0.15) is 265 Å². The van der Waals surface area contributed by atoms with E-state index in [0.29, 0.717) is 19.3 Å². The molecule has 6 nitrogen and oxygen atoms in total. The van der Waals surface area contributed by atoms with Gasteiger partial charge in [-0.1, -0.05) is 254 Å². The van der Waals surface area contributed by atoms with Crippen LogP contribution in [-0.2, 0) is 28.6 Å². The highest BCUT2D eigenvalue weighted by molar-refractivity contribution is 5.71. The zero-order valence-electron chi connectivity index (χ0n) is 43.9. The first kappa shape index (κ1) is 63.6. The highest BCUT2D eigenvalue weighted by Gasteiger charge is 2.19. The average molecular weight is 933 g/mol. The van der Waals surface area contributed by atoms with Gasteiger partial charge in [0.15, 0.2) is 6.10 Å². The van der Waals surface area contributed by atoms with E-state index in [9.17, 15) is 14.4 Å². The molecule has 0 aliphatic rings. The monoisotopic (exact) mass is 933 g/mol. The normalized spacial score (nSPS) is 12.7. The lowest BCUT2D eigenvalue weighted by atomic mass is 10.1. The minimum absolute atomic E-state index is 0.0794. The third-order valence-corrected chi connectivity index (χ3v) is 11.9. The van der Waals surface area contributed by atoms with E-state index in [1.165, 1.54) is 103 Å². The summed E-state index contributed by atoms with van der Waals surface area (Å²) in [6.07, 6.45) is 71.5. The number of allylic oxidation sites excluding steroid dienone is 14. The summed E-state index contributed by atoms with van der Waals surface area (Å²) < 4.78 is 16.8. The van der Waals surface area contributed by atoms with Gasteiger partial charge in [0, 0.05) is 19.3 Å².